The van der Waals surface area contributed by atoms with Gasteiger partial charge >= 0.3 is 19.3 Å². The largest absolute Gasteiger partial charge is 0.554 e. The van der Waals surface area contributed by atoms with Gasteiger partial charge in [-0.25, -0.2) is 4.79 Å². The Labute approximate surface area is 92.3 Å². The maximum absolute atomic E-state index is 11.1. The van der Waals surface area contributed by atoms with Gasteiger partial charge in [-0.15, -0.1) is 0 Å². The van der Waals surface area contributed by atoms with Crippen LogP contribution >= 0.6 is 8.03 Å². The third-order valence-corrected chi connectivity index (χ3v) is 2.74. The van der Waals surface area contributed by atoms with Crippen LogP contribution in [-0.2, 0) is 4.57 Å². The normalized spacial score (nSPS) is 10.8. The van der Waals surface area contributed by atoms with E-state index in [2.05, 4.69) is 0 Å². The molecule has 0 aliphatic carbocycles. The van der Waals surface area contributed by atoms with Crippen LogP contribution in [0.15, 0.2) is 12.1 Å². The van der Waals surface area contributed by atoms with Crippen LogP contribution in [0.2, 0.25) is 0 Å². The Morgan fingerprint density at radius 1 is 1.25 bits per heavy atom. The Kier molecular flexibility index (Phi) is 3.82. The second kappa shape index (κ2) is 4.92. The van der Waals surface area contributed by atoms with Crippen LogP contribution in [0.4, 0.5) is 0 Å². The minimum Gasteiger partial charge on any atom is -0.492 e. The Hall–Kier alpha value is -1.65. The van der Waals surface area contributed by atoms with E-state index >= 15 is 0 Å². The summed E-state index contributed by atoms with van der Waals surface area (Å²) in [6, 6.07) is 2.34. The summed E-state index contributed by atoms with van der Waals surface area (Å²) in [5.41, 5.74) is -0.0747. The van der Waals surface area contributed by atoms with Gasteiger partial charge in [-0.1, -0.05) is 0 Å². The highest BCUT2D eigenvalue weighted by Crippen LogP contribution is 2.30. The predicted molar refractivity (Wildman–Crippen MR) is 56.0 cm³/mol. The smallest absolute Gasteiger partial charge is 0.492 e. The average Bonchev–Trinajstić information content (AvgIpc) is 2.26. The lowest BCUT2D eigenvalue weighted by atomic mass is 10.2. The van der Waals surface area contributed by atoms with Gasteiger partial charge in [0.1, 0.15) is 0 Å². The summed E-state index contributed by atoms with van der Waals surface area (Å²) in [5, 5.41) is 8.76. The lowest BCUT2D eigenvalue weighted by Crippen LogP contribution is -2.10. The molecule has 0 aliphatic heterocycles. The number of benzene rings is 1. The van der Waals surface area contributed by atoms with Crippen molar-refractivity contribution in [3.63, 3.8) is 0 Å². The zero-order valence-electron chi connectivity index (χ0n) is 8.63. The van der Waals surface area contributed by atoms with E-state index in [1.54, 1.807) is 0 Å². The molecule has 2 N–H and O–H groups in total. The second-order valence-electron chi connectivity index (χ2n) is 2.81. The Morgan fingerprint density at radius 3 is 1.94 bits per heavy atom. The van der Waals surface area contributed by atoms with Gasteiger partial charge in [-0.3, -0.25) is 0 Å². The summed E-state index contributed by atoms with van der Waals surface area (Å²) in [6.45, 7) is 0. The van der Waals surface area contributed by atoms with Gasteiger partial charge in [0.25, 0.3) is 0 Å². The van der Waals surface area contributed by atoms with Crippen LogP contribution in [0.1, 0.15) is 10.4 Å². The van der Waals surface area contributed by atoms with Crippen LogP contribution in [-0.4, -0.2) is 30.2 Å². The Morgan fingerprint density at radius 2 is 1.69 bits per heavy atom. The van der Waals surface area contributed by atoms with E-state index in [9.17, 15) is 9.36 Å². The SMILES string of the molecule is COc1cc(C(=O)O)cc(OC)c1[P+](=O)O. The first kappa shape index (κ1) is 12.4. The first-order chi connectivity index (χ1) is 7.51. The fourth-order valence-electron chi connectivity index (χ4n) is 1.21. The Balaban J connectivity index is 3.49. The number of rotatable bonds is 4. The first-order valence-electron chi connectivity index (χ1n) is 4.16. The molecular weight excluding hydrogens is 235 g/mol. The summed E-state index contributed by atoms with van der Waals surface area (Å²) in [5.74, 6) is -1.14. The van der Waals surface area contributed by atoms with E-state index in [4.69, 9.17) is 19.5 Å². The molecule has 0 radical (unpaired) electrons. The maximum atomic E-state index is 11.1. The average molecular weight is 245 g/mol. The number of carboxylic acid groups (broad SMARTS) is 1. The molecule has 86 valence electrons. The molecule has 1 atom stereocenters. The van der Waals surface area contributed by atoms with E-state index in [0.717, 1.165) is 0 Å². The summed E-state index contributed by atoms with van der Waals surface area (Å²) in [6.07, 6.45) is 0. The number of carboxylic acids is 1. The summed E-state index contributed by atoms with van der Waals surface area (Å²) >= 11 is 0. The number of carbonyl (C=O) groups is 1. The van der Waals surface area contributed by atoms with Gasteiger partial charge in [0.2, 0.25) is 0 Å². The number of aromatic carboxylic acids is 1. The van der Waals surface area contributed by atoms with Gasteiger partial charge < -0.3 is 14.6 Å². The molecule has 0 spiro atoms. The molecule has 1 aromatic carbocycles. The molecule has 0 bridgehead atoms. The maximum Gasteiger partial charge on any atom is 0.554 e. The van der Waals surface area contributed by atoms with Crippen molar-refractivity contribution in [3.8, 4) is 11.5 Å². The van der Waals surface area contributed by atoms with Gasteiger partial charge in [-0.2, -0.15) is 4.89 Å². The van der Waals surface area contributed by atoms with E-state index in [0.29, 0.717) is 0 Å². The van der Waals surface area contributed by atoms with Gasteiger partial charge in [0, 0.05) is 0 Å². The van der Waals surface area contributed by atoms with Crippen molar-refractivity contribution in [3.05, 3.63) is 17.7 Å². The van der Waals surface area contributed by atoms with Crippen molar-refractivity contribution in [2.45, 2.75) is 0 Å². The number of ether oxygens (including phenoxy) is 2. The minimum absolute atomic E-state index is 0.0142. The van der Waals surface area contributed by atoms with Crippen LogP contribution in [0.25, 0.3) is 0 Å². The van der Waals surface area contributed by atoms with Crippen LogP contribution in [0.5, 0.6) is 11.5 Å². The quantitative estimate of drug-likeness (QED) is 0.761. The number of hydrogen-bond acceptors (Lipinski definition) is 4. The van der Waals surface area contributed by atoms with Crippen molar-refractivity contribution in [1.82, 2.24) is 0 Å². The Bertz CT molecular complexity index is 417. The second-order valence-corrected chi connectivity index (χ2v) is 3.80. The highest BCUT2D eigenvalue weighted by Gasteiger charge is 2.30. The predicted octanol–water partition coefficient (Wildman–Crippen LogP) is 0.762. The van der Waals surface area contributed by atoms with Crippen LogP contribution in [0.3, 0.4) is 0 Å². The molecule has 1 unspecified atom stereocenters. The van der Waals surface area contributed by atoms with Crippen LogP contribution < -0.4 is 14.8 Å². The molecule has 16 heavy (non-hydrogen) atoms. The molecular formula is C9H10O6P+. The monoisotopic (exact) mass is 245 g/mol. The molecule has 0 saturated heterocycles. The zero-order chi connectivity index (χ0) is 12.3. The van der Waals surface area contributed by atoms with Gasteiger partial charge in [-0.05, 0) is 16.7 Å². The summed E-state index contributed by atoms with van der Waals surface area (Å²) < 4.78 is 20.8. The van der Waals surface area contributed by atoms with Crippen LogP contribution in [0, 0.1) is 0 Å². The zero-order valence-corrected chi connectivity index (χ0v) is 9.52. The summed E-state index contributed by atoms with van der Waals surface area (Å²) in [7, 11) is -0.112. The lowest BCUT2D eigenvalue weighted by molar-refractivity contribution is 0.0696. The topological polar surface area (TPSA) is 93.1 Å². The molecule has 0 heterocycles. The van der Waals surface area contributed by atoms with Crippen molar-refractivity contribution in [1.29, 1.82) is 0 Å². The minimum atomic E-state index is -2.67. The molecule has 6 nitrogen and oxygen atoms in total. The van der Waals surface area contributed by atoms with Crippen molar-refractivity contribution in [2.24, 2.45) is 0 Å². The van der Waals surface area contributed by atoms with Crippen molar-refractivity contribution < 1.29 is 28.8 Å². The standard InChI is InChI=1S/C9H9O6P/c1-14-6-3-5(9(10)11)4-7(15-2)8(6)16(12)13/h3-4H,1-2H3,(H-,10,11,12,13)/p+1. The molecule has 0 amide bonds. The third kappa shape index (κ3) is 2.29. The molecule has 0 fully saturated rings. The molecule has 0 aromatic heterocycles. The molecule has 1 aromatic rings. The number of methoxy groups -OCH3 is 2. The van der Waals surface area contributed by atoms with E-state index in [-0.39, 0.29) is 22.4 Å². The molecule has 1 rings (SSSR count). The van der Waals surface area contributed by atoms with Crippen molar-refractivity contribution in [2.75, 3.05) is 14.2 Å². The van der Waals surface area contributed by atoms with E-state index < -0.39 is 14.0 Å². The fraction of sp³-hybridized carbons (Fsp3) is 0.222. The van der Waals surface area contributed by atoms with Gasteiger partial charge in [0.05, 0.1) is 19.8 Å². The van der Waals surface area contributed by atoms with E-state index in [1.165, 1.54) is 26.4 Å². The van der Waals surface area contributed by atoms with Gasteiger partial charge in [0.15, 0.2) is 11.5 Å². The van der Waals surface area contributed by atoms with E-state index in [1.807, 2.05) is 0 Å². The number of hydrogen-bond donors (Lipinski definition) is 2. The molecule has 7 heteroatoms. The molecule has 0 saturated carbocycles. The highest BCUT2D eigenvalue weighted by atomic mass is 31.1. The first-order valence-corrected chi connectivity index (χ1v) is 5.38. The lowest BCUT2D eigenvalue weighted by Gasteiger charge is -2.05. The molecule has 0 aliphatic rings. The fourth-order valence-corrected chi connectivity index (χ4v) is 1.89. The third-order valence-electron chi connectivity index (χ3n) is 1.92. The summed E-state index contributed by atoms with van der Waals surface area (Å²) in [4.78, 5) is 19.9. The van der Waals surface area contributed by atoms with Crippen molar-refractivity contribution >= 4 is 19.3 Å². The highest BCUT2D eigenvalue weighted by molar-refractivity contribution is 7.48.